The van der Waals surface area contributed by atoms with Gasteiger partial charge in [0, 0.05) is 38.9 Å². The predicted molar refractivity (Wildman–Crippen MR) is 91.8 cm³/mol. The Balaban J connectivity index is 2.11. The molecule has 2 N–H and O–H groups in total. The second-order valence-electron chi connectivity index (χ2n) is 4.73. The van der Waals surface area contributed by atoms with Gasteiger partial charge in [0.2, 0.25) is 0 Å². The third kappa shape index (κ3) is 8.22. The highest BCUT2D eigenvalue weighted by Gasteiger charge is 2.00. The SMILES string of the molecule is CN=C(NCCCOCCOC)NCCc1ccccc1Cl. The molecule has 22 heavy (non-hydrogen) atoms. The molecule has 5 nitrogen and oxygen atoms in total. The highest BCUT2D eigenvalue weighted by atomic mass is 35.5. The summed E-state index contributed by atoms with van der Waals surface area (Å²) < 4.78 is 10.3. The molecule has 0 unspecified atom stereocenters. The van der Waals surface area contributed by atoms with Crippen molar-refractivity contribution in [3.05, 3.63) is 34.9 Å². The first-order valence-electron chi connectivity index (χ1n) is 7.52. The topological polar surface area (TPSA) is 54.9 Å². The molecule has 6 heteroatoms. The number of aliphatic imine (C=N–C) groups is 1. The fourth-order valence-corrected chi connectivity index (χ4v) is 2.09. The zero-order valence-electron chi connectivity index (χ0n) is 13.4. The van der Waals surface area contributed by atoms with Gasteiger partial charge in [-0.05, 0) is 24.5 Å². The van der Waals surface area contributed by atoms with Gasteiger partial charge in [-0.3, -0.25) is 4.99 Å². The van der Waals surface area contributed by atoms with Crippen molar-refractivity contribution in [3.63, 3.8) is 0 Å². The molecular weight excluding hydrogens is 302 g/mol. The maximum absolute atomic E-state index is 6.13. The minimum atomic E-state index is 0.638. The Labute approximate surface area is 138 Å². The van der Waals surface area contributed by atoms with Gasteiger partial charge < -0.3 is 20.1 Å². The molecule has 0 heterocycles. The van der Waals surface area contributed by atoms with Crippen LogP contribution in [0.1, 0.15) is 12.0 Å². The molecule has 0 aliphatic rings. The molecule has 0 amide bonds. The van der Waals surface area contributed by atoms with Crippen molar-refractivity contribution in [2.45, 2.75) is 12.8 Å². The van der Waals surface area contributed by atoms with Crippen LogP contribution >= 0.6 is 11.6 Å². The van der Waals surface area contributed by atoms with E-state index in [9.17, 15) is 0 Å². The van der Waals surface area contributed by atoms with E-state index in [1.807, 2.05) is 24.3 Å². The number of halogens is 1. The fourth-order valence-electron chi connectivity index (χ4n) is 1.86. The first-order valence-corrected chi connectivity index (χ1v) is 7.90. The number of methoxy groups -OCH3 is 1. The number of nitrogens with one attached hydrogen (secondary N) is 2. The maximum Gasteiger partial charge on any atom is 0.190 e. The molecule has 0 radical (unpaired) electrons. The molecule has 1 rings (SSSR count). The fraction of sp³-hybridized carbons (Fsp3) is 0.562. The molecule has 0 spiro atoms. The van der Waals surface area contributed by atoms with Gasteiger partial charge in [0.15, 0.2) is 5.96 Å². The van der Waals surface area contributed by atoms with E-state index < -0.39 is 0 Å². The molecule has 0 fully saturated rings. The molecule has 0 saturated carbocycles. The van der Waals surface area contributed by atoms with Crippen molar-refractivity contribution < 1.29 is 9.47 Å². The number of benzene rings is 1. The monoisotopic (exact) mass is 327 g/mol. The Morgan fingerprint density at radius 2 is 1.91 bits per heavy atom. The van der Waals surface area contributed by atoms with Gasteiger partial charge in [-0.2, -0.15) is 0 Å². The van der Waals surface area contributed by atoms with E-state index >= 15 is 0 Å². The van der Waals surface area contributed by atoms with Crippen LogP contribution in [0.3, 0.4) is 0 Å². The third-order valence-corrected chi connectivity index (χ3v) is 3.43. The molecular formula is C16H26ClN3O2. The highest BCUT2D eigenvalue weighted by Crippen LogP contribution is 2.14. The van der Waals surface area contributed by atoms with Crippen molar-refractivity contribution in [1.29, 1.82) is 0 Å². The second kappa shape index (κ2) is 12.3. The number of rotatable bonds is 10. The number of hydrogen-bond acceptors (Lipinski definition) is 3. The molecule has 0 bridgehead atoms. The predicted octanol–water partition coefficient (Wildman–Crippen LogP) is 2.10. The summed E-state index contributed by atoms with van der Waals surface area (Å²) in [4.78, 5) is 4.19. The Kier molecular flexibility index (Phi) is 10.5. The summed E-state index contributed by atoms with van der Waals surface area (Å²) in [6.45, 7) is 3.60. The van der Waals surface area contributed by atoms with Gasteiger partial charge in [-0.15, -0.1) is 0 Å². The third-order valence-electron chi connectivity index (χ3n) is 3.06. The lowest BCUT2D eigenvalue weighted by atomic mass is 10.1. The molecule has 0 saturated heterocycles. The standard InChI is InChI=1S/C16H26ClN3O2/c1-18-16(19-9-5-11-22-13-12-21-2)20-10-8-14-6-3-4-7-15(14)17/h3-4,6-7H,5,8-13H2,1-2H3,(H2,18,19,20). The van der Waals surface area contributed by atoms with Gasteiger partial charge >= 0.3 is 0 Å². The Bertz CT molecular complexity index is 441. The van der Waals surface area contributed by atoms with E-state index in [2.05, 4.69) is 15.6 Å². The van der Waals surface area contributed by atoms with Gasteiger partial charge in [0.25, 0.3) is 0 Å². The van der Waals surface area contributed by atoms with Crippen molar-refractivity contribution in [2.24, 2.45) is 4.99 Å². The average Bonchev–Trinajstić information content (AvgIpc) is 2.54. The zero-order valence-corrected chi connectivity index (χ0v) is 14.2. The van der Waals surface area contributed by atoms with Crippen molar-refractivity contribution >= 4 is 17.6 Å². The summed E-state index contributed by atoms with van der Waals surface area (Å²) in [6.07, 6.45) is 1.79. The van der Waals surface area contributed by atoms with Crippen LogP contribution in [0.15, 0.2) is 29.3 Å². The lowest BCUT2D eigenvalue weighted by Crippen LogP contribution is -2.39. The summed E-state index contributed by atoms with van der Waals surface area (Å²) in [5.74, 6) is 0.795. The largest absolute Gasteiger partial charge is 0.382 e. The van der Waals surface area contributed by atoms with E-state index in [-0.39, 0.29) is 0 Å². The summed E-state index contributed by atoms with van der Waals surface area (Å²) in [6, 6.07) is 7.89. The van der Waals surface area contributed by atoms with Crippen LogP contribution in [0.25, 0.3) is 0 Å². The minimum absolute atomic E-state index is 0.638. The number of nitrogens with zero attached hydrogens (tertiary/aromatic N) is 1. The van der Waals surface area contributed by atoms with E-state index in [0.29, 0.717) is 19.8 Å². The molecule has 124 valence electrons. The van der Waals surface area contributed by atoms with Crippen molar-refractivity contribution in [1.82, 2.24) is 10.6 Å². The molecule has 0 aliphatic heterocycles. The summed E-state index contributed by atoms with van der Waals surface area (Å²) >= 11 is 6.13. The Morgan fingerprint density at radius 3 is 2.64 bits per heavy atom. The lowest BCUT2D eigenvalue weighted by Gasteiger charge is -2.12. The van der Waals surface area contributed by atoms with Crippen LogP contribution in [0, 0.1) is 0 Å². The van der Waals surface area contributed by atoms with Crippen LogP contribution in [-0.4, -0.2) is 53.0 Å². The Morgan fingerprint density at radius 1 is 1.14 bits per heavy atom. The zero-order chi connectivity index (χ0) is 16.0. The average molecular weight is 328 g/mol. The van der Waals surface area contributed by atoms with E-state index in [4.69, 9.17) is 21.1 Å². The van der Waals surface area contributed by atoms with Crippen molar-refractivity contribution in [3.8, 4) is 0 Å². The molecule has 0 aromatic heterocycles. The molecule has 0 atom stereocenters. The number of ether oxygens (including phenoxy) is 2. The van der Waals surface area contributed by atoms with Gasteiger partial charge in [0.1, 0.15) is 0 Å². The maximum atomic E-state index is 6.13. The van der Waals surface area contributed by atoms with Crippen LogP contribution < -0.4 is 10.6 Å². The molecule has 1 aromatic carbocycles. The van der Waals surface area contributed by atoms with Crippen LogP contribution in [0.2, 0.25) is 5.02 Å². The van der Waals surface area contributed by atoms with E-state index in [0.717, 1.165) is 42.5 Å². The number of guanidine groups is 1. The van der Waals surface area contributed by atoms with Crippen LogP contribution in [0.5, 0.6) is 0 Å². The van der Waals surface area contributed by atoms with E-state index in [1.165, 1.54) is 0 Å². The van der Waals surface area contributed by atoms with Crippen LogP contribution in [0.4, 0.5) is 0 Å². The van der Waals surface area contributed by atoms with Gasteiger partial charge in [0.05, 0.1) is 13.2 Å². The minimum Gasteiger partial charge on any atom is -0.382 e. The van der Waals surface area contributed by atoms with Crippen LogP contribution in [-0.2, 0) is 15.9 Å². The first kappa shape index (κ1) is 18.7. The summed E-state index contributed by atoms with van der Waals surface area (Å²) in [5.41, 5.74) is 1.14. The summed E-state index contributed by atoms with van der Waals surface area (Å²) in [5, 5.41) is 7.34. The smallest absolute Gasteiger partial charge is 0.190 e. The number of hydrogen-bond donors (Lipinski definition) is 2. The normalized spacial score (nSPS) is 11.5. The highest BCUT2D eigenvalue weighted by molar-refractivity contribution is 6.31. The lowest BCUT2D eigenvalue weighted by molar-refractivity contribution is 0.0698. The first-order chi connectivity index (χ1) is 10.8. The molecule has 0 aliphatic carbocycles. The molecule has 1 aromatic rings. The van der Waals surface area contributed by atoms with E-state index in [1.54, 1.807) is 14.2 Å². The quantitative estimate of drug-likeness (QED) is 0.392. The van der Waals surface area contributed by atoms with Gasteiger partial charge in [-0.25, -0.2) is 0 Å². The second-order valence-corrected chi connectivity index (χ2v) is 5.13. The van der Waals surface area contributed by atoms with Gasteiger partial charge in [-0.1, -0.05) is 29.8 Å². The summed E-state index contributed by atoms with van der Waals surface area (Å²) in [7, 11) is 3.43. The van der Waals surface area contributed by atoms with Crippen molar-refractivity contribution in [2.75, 3.05) is 47.1 Å². The Hall–Kier alpha value is -1.30.